The first-order chi connectivity index (χ1) is 12.5. The Bertz CT molecular complexity index is 757. The van der Waals surface area contributed by atoms with Gasteiger partial charge < -0.3 is 4.74 Å². The molecule has 0 saturated carbocycles. The molecule has 0 aromatic carbocycles. The fourth-order valence-electron chi connectivity index (χ4n) is 3.73. The number of fused-ring (bicyclic) bond motifs is 1. The lowest BCUT2D eigenvalue weighted by Crippen LogP contribution is -2.54. The van der Waals surface area contributed by atoms with Crippen molar-refractivity contribution in [3.05, 3.63) is 29.7 Å². The molecule has 1 saturated heterocycles. The number of hydrogen-bond donors (Lipinski definition) is 0. The van der Waals surface area contributed by atoms with E-state index in [0.717, 1.165) is 38.2 Å². The quantitative estimate of drug-likeness (QED) is 0.737. The van der Waals surface area contributed by atoms with Gasteiger partial charge >= 0.3 is 5.97 Å². The molecular weight excluding hydrogens is 330 g/mol. The summed E-state index contributed by atoms with van der Waals surface area (Å²) < 4.78 is 6.72. The molecule has 0 bridgehead atoms. The van der Waals surface area contributed by atoms with Crippen LogP contribution in [-0.2, 0) is 11.3 Å². The first kappa shape index (κ1) is 18.8. The maximum absolute atomic E-state index is 11.9. The van der Waals surface area contributed by atoms with Gasteiger partial charge in [-0.05, 0) is 27.2 Å². The van der Waals surface area contributed by atoms with Gasteiger partial charge in [0, 0.05) is 56.2 Å². The average molecular weight is 359 g/mol. The SMILES string of the molecule is CCOC(=O)c1cnn2cc(CN3CCN(C(C)C)[C@@H](CC)C3)cnc12. The second-order valence-corrected chi connectivity index (χ2v) is 7.14. The van der Waals surface area contributed by atoms with Crippen LogP contribution in [-0.4, -0.2) is 68.7 Å². The van der Waals surface area contributed by atoms with Gasteiger partial charge in [-0.3, -0.25) is 9.80 Å². The van der Waals surface area contributed by atoms with E-state index in [1.165, 1.54) is 6.20 Å². The number of aromatic nitrogens is 3. The Hall–Kier alpha value is -1.99. The van der Waals surface area contributed by atoms with Gasteiger partial charge in [0.1, 0.15) is 5.56 Å². The number of nitrogens with zero attached hydrogens (tertiary/aromatic N) is 5. The molecule has 0 unspecified atom stereocenters. The lowest BCUT2D eigenvalue weighted by atomic mass is 10.1. The Morgan fingerprint density at radius 3 is 2.81 bits per heavy atom. The maximum atomic E-state index is 11.9. The topological polar surface area (TPSA) is 63.0 Å². The van der Waals surface area contributed by atoms with Gasteiger partial charge in [0.25, 0.3) is 0 Å². The zero-order valence-electron chi connectivity index (χ0n) is 16.2. The third-order valence-electron chi connectivity index (χ3n) is 5.06. The highest BCUT2D eigenvalue weighted by atomic mass is 16.5. The van der Waals surface area contributed by atoms with Crippen LogP contribution < -0.4 is 0 Å². The molecule has 7 nitrogen and oxygen atoms in total. The Labute approximate surface area is 154 Å². The van der Waals surface area contributed by atoms with Crippen molar-refractivity contribution in [1.82, 2.24) is 24.4 Å². The van der Waals surface area contributed by atoms with Gasteiger partial charge in [0.05, 0.1) is 12.8 Å². The normalized spacial score (nSPS) is 19.3. The number of hydrogen-bond acceptors (Lipinski definition) is 6. The van der Waals surface area contributed by atoms with Gasteiger partial charge in [-0.25, -0.2) is 14.3 Å². The second kappa shape index (κ2) is 8.14. The summed E-state index contributed by atoms with van der Waals surface area (Å²) in [5.41, 5.74) is 2.06. The molecule has 0 amide bonds. The molecule has 3 heterocycles. The minimum Gasteiger partial charge on any atom is -0.462 e. The molecule has 0 spiro atoms. The van der Waals surface area contributed by atoms with Crippen LogP contribution in [0.5, 0.6) is 0 Å². The fraction of sp³-hybridized carbons (Fsp3) is 0.632. The van der Waals surface area contributed by atoms with Crippen molar-refractivity contribution in [3.8, 4) is 0 Å². The molecule has 1 aliphatic rings. The number of esters is 1. The number of ether oxygens (including phenoxy) is 1. The summed E-state index contributed by atoms with van der Waals surface area (Å²) >= 11 is 0. The van der Waals surface area contributed by atoms with E-state index in [1.54, 1.807) is 11.4 Å². The highest BCUT2D eigenvalue weighted by Crippen LogP contribution is 2.18. The minimum absolute atomic E-state index is 0.342. The molecule has 7 heteroatoms. The number of carbonyl (C=O) groups excluding carboxylic acids is 1. The largest absolute Gasteiger partial charge is 0.462 e. The van der Waals surface area contributed by atoms with Crippen molar-refractivity contribution in [3.63, 3.8) is 0 Å². The molecule has 3 rings (SSSR count). The first-order valence-electron chi connectivity index (χ1n) is 9.51. The minimum atomic E-state index is -0.377. The van der Waals surface area contributed by atoms with Crippen LogP contribution >= 0.6 is 0 Å². The Morgan fingerprint density at radius 2 is 2.12 bits per heavy atom. The predicted octanol–water partition coefficient (Wildman–Crippen LogP) is 2.21. The van der Waals surface area contributed by atoms with Crippen LogP contribution in [0.2, 0.25) is 0 Å². The van der Waals surface area contributed by atoms with E-state index in [4.69, 9.17) is 4.74 Å². The highest BCUT2D eigenvalue weighted by molar-refractivity contribution is 5.95. The maximum Gasteiger partial charge on any atom is 0.343 e. The second-order valence-electron chi connectivity index (χ2n) is 7.14. The van der Waals surface area contributed by atoms with Crippen molar-refractivity contribution in [1.29, 1.82) is 0 Å². The summed E-state index contributed by atoms with van der Waals surface area (Å²) in [5, 5.41) is 4.27. The van der Waals surface area contributed by atoms with Crippen LogP contribution in [0.25, 0.3) is 5.65 Å². The van der Waals surface area contributed by atoms with Crippen LogP contribution in [0.1, 0.15) is 50.0 Å². The first-order valence-corrected chi connectivity index (χ1v) is 9.51. The molecule has 1 aliphatic heterocycles. The van der Waals surface area contributed by atoms with Gasteiger partial charge in [-0.15, -0.1) is 0 Å². The van der Waals surface area contributed by atoms with E-state index >= 15 is 0 Å². The standard InChI is InChI=1S/C19H29N5O2/c1-5-16-13-22(7-8-23(16)14(3)4)11-15-9-20-18-17(19(25)26-6-2)10-21-24(18)12-15/h9-10,12,14,16H,5-8,11,13H2,1-4H3/t16-/m0/s1. The molecule has 2 aromatic rings. The van der Waals surface area contributed by atoms with Crippen molar-refractivity contribution in [2.24, 2.45) is 0 Å². The summed E-state index contributed by atoms with van der Waals surface area (Å²) in [4.78, 5) is 21.5. The van der Waals surface area contributed by atoms with Gasteiger partial charge in [-0.2, -0.15) is 5.10 Å². The smallest absolute Gasteiger partial charge is 0.343 e. The molecule has 0 aliphatic carbocycles. The number of piperazine rings is 1. The molecular formula is C19H29N5O2. The van der Waals surface area contributed by atoms with Gasteiger partial charge in [0.2, 0.25) is 0 Å². The number of carbonyl (C=O) groups is 1. The molecule has 1 fully saturated rings. The van der Waals surface area contributed by atoms with Crippen LogP contribution in [0.15, 0.2) is 18.6 Å². The predicted molar refractivity (Wildman–Crippen MR) is 100 cm³/mol. The van der Waals surface area contributed by atoms with E-state index in [0.29, 0.717) is 29.9 Å². The average Bonchev–Trinajstić information content (AvgIpc) is 3.05. The van der Waals surface area contributed by atoms with Crippen LogP contribution in [0, 0.1) is 0 Å². The lowest BCUT2D eigenvalue weighted by Gasteiger charge is -2.43. The summed E-state index contributed by atoms with van der Waals surface area (Å²) in [5.74, 6) is -0.377. The summed E-state index contributed by atoms with van der Waals surface area (Å²) in [7, 11) is 0. The van der Waals surface area contributed by atoms with Gasteiger partial charge in [-0.1, -0.05) is 6.92 Å². The van der Waals surface area contributed by atoms with E-state index in [9.17, 15) is 4.79 Å². The van der Waals surface area contributed by atoms with E-state index in [-0.39, 0.29) is 5.97 Å². The summed E-state index contributed by atoms with van der Waals surface area (Å²) in [6.45, 7) is 13.0. The molecule has 142 valence electrons. The van der Waals surface area contributed by atoms with Crippen molar-refractivity contribution in [2.75, 3.05) is 26.2 Å². The van der Waals surface area contributed by atoms with Crippen LogP contribution in [0.3, 0.4) is 0 Å². The van der Waals surface area contributed by atoms with E-state index in [2.05, 4.69) is 40.7 Å². The molecule has 0 N–H and O–H groups in total. The Balaban J connectivity index is 1.71. The highest BCUT2D eigenvalue weighted by Gasteiger charge is 2.27. The van der Waals surface area contributed by atoms with Crippen LogP contribution in [0.4, 0.5) is 0 Å². The number of rotatable bonds is 6. The monoisotopic (exact) mass is 359 g/mol. The zero-order chi connectivity index (χ0) is 18.7. The molecule has 1 atom stereocenters. The molecule has 26 heavy (non-hydrogen) atoms. The van der Waals surface area contributed by atoms with Crippen molar-refractivity contribution < 1.29 is 9.53 Å². The summed E-state index contributed by atoms with van der Waals surface area (Å²) in [6, 6.07) is 1.19. The van der Waals surface area contributed by atoms with Gasteiger partial charge in [0.15, 0.2) is 5.65 Å². The van der Waals surface area contributed by atoms with E-state index < -0.39 is 0 Å². The van der Waals surface area contributed by atoms with Crippen molar-refractivity contribution in [2.45, 2.75) is 52.7 Å². The van der Waals surface area contributed by atoms with Crippen molar-refractivity contribution >= 4 is 11.6 Å². The third kappa shape index (κ3) is 3.88. The fourth-order valence-corrected chi connectivity index (χ4v) is 3.73. The third-order valence-corrected chi connectivity index (χ3v) is 5.06. The lowest BCUT2D eigenvalue weighted by molar-refractivity contribution is 0.0455. The molecule has 0 radical (unpaired) electrons. The summed E-state index contributed by atoms with van der Waals surface area (Å²) in [6.07, 6.45) is 6.49. The zero-order valence-corrected chi connectivity index (χ0v) is 16.2. The Kier molecular flexibility index (Phi) is 5.88. The Morgan fingerprint density at radius 1 is 1.31 bits per heavy atom. The van der Waals surface area contributed by atoms with E-state index in [1.807, 2.05) is 12.4 Å². The molecule has 2 aromatic heterocycles.